The standard InChI is InChI=1S/C18H27N5O4.HI/c1-20-17(22-14-6-8-23(9-7-14)18(25)26-2)21-11-13-4-3-5-15(10-13)27-12-16(19)24;/h3-5,10,14H,6-9,11-12H2,1-2H3,(H2,19,24)(H2,20,21,22);1H. The van der Waals surface area contributed by atoms with E-state index in [1.165, 1.54) is 7.11 Å². The number of benzene rings is 1. The van der Waals surface area contributed by atoms with Crippen molar-refractivity contribution in [2.45, 2.75) is 25.4 Å². The number of methoxy groups -OCH3 is 1. The molecule has 0 aliphatic carbocycles. The number of piperidine rings is 1. The van der Waals surface area contributed by atoms with E-state index in [1.54, 1.807) is 18.0 Å². The summed E-state index contributed by atoms with van der Waals surface area (Å²) >= 11 is 0. The van der Waals surface area contributed by atoms with Gasteiger partial charge in [-0.2, -0.15) is 0 Å². The predicted octanol–water partition coefficient (Wildman–Crippen LogP) is 1.06. The van der Waals surface area contributed by atoms with Crippen LogP contribution in [-0.4, -0.2) is 62.8 Å². The van der Waals surface area contributed by atoms with Crippen LogP contribution in [0.4, 0.5) is 4.79 Å². The van der Waals surface area contributed by atoms with Crippen molar-refractivity contribution >= 4 is 41.9 Å². The molecule has 2 rings (SSSR count). The number of ether oxygens (including phenoxy) is 2. The molecule has 0 bridgehead atoms. The number of likely N-dealkylation sites (tertiary alicyclic amines) is 1. The number of hydrogen-bond donors (Lipinski definition) is 3. The third kappa shape index (κ3) is 7.79. The first-order chi connectivity index (χ1) is 13.0. The molecule has 0 atom stereocenters. The van der Waals surface area contributed by atoms with Crippen LogP contribution in [0.25, 0.3) is 0 Å². The number of amides is 2. The normalized spacial score (nSPS) is 14.6. The van der Waals surface area contributed by atoms with Crippen molar-refractivity contribution in [3.8, 4) is 5.75 Å². The molecule has 10 heteroatoms. The Morgan fingerprint density at radius 1 is 1.32 bits per heavy atom. The highest BCUT2D eigenvalue weighted by Gasteiger charge is 2.23. The number of primary amides is 1. The lowest BCUT2D eigenvalue weighted by Crippen LogP contribution is -2.49. The molecule has 0 radical (unpaired) electrons. The second-order valence-corrected chi connectivity index (χ2v) is 6.20. The number of halogens is 1. The first-order valence-electron chi connectivity index (χ1n) is 8.82. The molecule has 1 aliphatic rings. The minimum absolute atomic E-state index is 0. The molecule has 1 aliphatic heterocycles. The van der Waals surface area contributed by atoms with Crippen LogP contribution in [0.1, 0.15) is 18.4 Å². The topological polar surface area (TPSA) is 118 Å². The second kappa shape index (κ2) is 12.3. The Balaban J connectivity index is 0.00000392. The number of nitrogens with two attached hydrogens (primary N) is 1. The fraction of sp³-hybridized carbons (Fsp3) is 0.500. The molecule has 4 N–H and O–H groups in total. The molecule has 28 heavy (non-hydrogen) atoms. The van der Waals surface area contributed by atoms with Crippen molar-refractivity contribution < 1.29 is 19.1 Å². The van der Waals surface area contributed by atoms with Crippen molar-refractivity contribution in [1.29, 1.82) is 0 Å². The maximum Gasteiger partial charge on any atom is 0.409 e. The van der Waals surface area contributed by atoms with Crippen molar-refractivity contribution in [2.24, 2.45) is 10.7 Å². The average molecular weight is 505 g/mol. The summed E-state index contributed by atoms with van der Waals surface area (Å²) in [7, 11) is 3.11. The van der Waals surface area contributed by atoms with Gasteiger partial charge in [0.2, 0.25) is 0 Å². The highest BCUT2D eigenvalue weighted by molar-refractivity contribution is 14.0. The maximum absolute atomic E-state index is 11.5. The monoisotopic (exact) mass is 505 g/mol. The summed E-state index contributed by atoms with van der Waals surface area (Å²) in [6.45, 7) is 1.71. The van der Waals surface area contributed by atoms with Crippen molar-refractivity contribution in [3.05, 3.63) is 29.8 Å². The zero-order chi connectivity index (χ0) is 19.6. The van der Waals surface area contributed by atoms with E-state index in [4.69, 9.17) is 15.2 Å². The summed E-state index contributed by atoms with van der Waals surface area (Å²) < 4.78 is 10.1. The number of aliphatic imine (C=N–C) groups is 1. The largest absolute Gasteiger partial charge is 0.484 e. The van der Waals surface area contributed by atoms with E-state index < -0.39 is 5.91 Å². The molecule has 0 spiro atoms. The Morgan fingerprint density at radius 2 is 2.04 bits per heavy atom. The minimum Gasteiger partial charge on any atom is -0.484 e. The third-order valence-corrected chi connectivity index (χ3v) is 4.23. The fourth-order valence-corrected chi connectivity index (χ4v) is 2.81. The Bertz CT molecular complexity index is 678. The van der Waals surface area contributed by atoms with Crippen LogP contribution in [0.3, 0.4) is 0 Å². The van der Waals surface area contributed by atoms with E-state index in [9.17, 15) is 9.59 Å². The molecule has 9 nitrogen and oxygen atoms in total. The highest BCUT2D eigenvalue weighted by Crippen LogP contribution is 2.13. The summed E-state index contributed by atoms with van der Waals surface area (Å²) in [6, 6.07) is 7.66. The van der Waals surface area contributed by atoms with Gasteiger partial charge in [-0.05, 0) is 30.5 Å². The molecule has 1 aromatic carbocycles. The van der Waals surface area contributed by atoms with Gasteiger partial charge in [-0.1, -0.05) is 12.1 Å². The molecule has 0 aromatic heterocycles. The molecule has 0 unspecified atom stereocenters. The number of carbonyl (C=O) groups excluding carboxylic acids is 2. The van der Waals surface area contributed by atoms with E-state index in [2.05, 4.69) is 15.6 Å². The van der Waals surface area contributed by atoms with Crippen LogP contribution in [-0.2, 0) is 16.1 Å². The first-order valence-corrected chi connectivity index (χ1v) is 8.82. The maximum atomic E-state index is 11.5. The van der Waals surface area contributed by atoms with E-state index >= 15 is 0 Å². The predicted molar refractivity (Wildman–Crippen MR) is 117 cm³/mol. The summed E-state index contributed by atoms with van der Waals surface area (Å²) in [5.74, 6) is 0.766. The van der Waals surface area contributed by atoms with E-state index in [0.29, 0.717) is 31.3 Å². The van der Waals surface area contributed by atoms with Crippen LogP contribution >= 0.6 is 24.0 Å². The van der Waals surface area contributed by atoms with Gasteiger partial charge in [-0.25, -0.2) is 4.79 Å². The molecule has 1 aromatic rings. The second-order valence-electron chi connectivity index (χ2n) is 6.20. The van der Waals surface area contributed by atoms with Gasteiger partial charge < -0.3 is 30.7 Å². The van der Waals surface area contributed by atoms with Gasteiger partial charge in [0.1, 0.15) is 5.75 Å². The fourth-order valence-electron chi connectivity index (χ4n) is 2.81. The molecule has 1 fully saturated rings. The Hall–Kier alpha value is -2.24. The van der Waals surface area contributed by atoms with Gasteiger partial charge in [0.15, 0.2) is 12.6 Å². The smallest absolute Gasteiger partial charge is 0.409 e. The zero-order valence-corrected chi connectivity index (χ0v) is 18.5. The highest BCUT2D eigenvalue weighted by atomic mass is 127. The van der Waals surface area contributed by atoms with Gasteiger partial charge in [0.05, 0.1) is 7.11 Å². The lowest BCUT2D eigenvalue weighted by molar-refractivity contribution is -0.119. The molecule has 2 amide bonds. The molecule has 1 heterocycles. The van der Waals surface area contributed by atoms with Gasteiger partial charge in [-0.3, -0.25) is 9.79 Å². The number of carbonyl (C=O) groups is 2. The minimum atomic E-state index is -0.513. The summed E-state index contributed by atoms with van der Waals surface area (Å²) in [6.07, 6.45) is 1.37. The lowest BCUT2D eigenvalue weighted by atomic mass is 10.1. The van der Waals surface area contributed by atoms with Crippen LogP contribution in [0.2, 0.25) is 0 Å². The SMILES string of the molecule is CN=C(NCc1cccc(OCC(N)=O)c1)NC1CCN(C(=O)OC)CC1.I. The van der Waals surface area contributed by atoms with Crippen LogP contribution in [0, 0.1) is 0 Å². The number of nitrogens with one attached hydrogen (secondary N) is 2. The van der Waals surface area contributed by atoms with Crippen molar-refractivity contribution in [2.75, 3.05) is 33.9 Å². The zero-order valence-electron chi connectivity index (χ0n) is 16.1. The van der Waals surface area contributed by atoms with Gasteiger partial charge >= 0.3 is 6.09 Å². The Kier molecular flexibility index (Phi) is 10.4. The van der Waals surface area contributed by atoms with E-state index in [1.807, 2.05) is 18.2 Å². The van der Waals surface area contributed by atoms with Gasteiger partial charge in [-0.15, -0.1) is 24.0 Å². The molecule has 1 saturated heterocycles. The number of hydrogen-bond acceptors (Lipinski definition) is 5. The van der Waals surface area contributed by atoms with E-state index in [-0.39, 0.29) is 42.7 Å². The van der Waals surface area contributed by atoms with Crippen LogP contribution in [0.15, 0.2) is 29.3 Å². The Labute approximate surface area is 182 Å². The Morgan fingerprint density at radius 3 is 2.64 bits per heavy atom. The van der Waals surface area contributed by atoms with Gasteiger partial charge in [0.25, 0.3) is 5.91 Å². The molecular weight excluding hydrogens is 477 g/mol. The third-order valence-electron chi connectivity index (χ3n) is 4.23. The summed E-state index contributed by atoms with van der Waals surface area (Å²) in [5.41, 5.74) is 6.07. The van der Waals surface area contributed by atoms with Crippen molar-refractivity contribution in [3.63, 3.8) is 0 Å². The van der Waals surface area contributed by atoms with E-state index in [0.717, 1.165) is 18.4 Å². The molecule has 156 valence electrons. The lowest BCUT2D eigenvalue weighted by Gasteiger charge is -2.32. The molecular formula is C18H28IN5O4. The van der Waals surface area contributed by atoms with Crippen molar-refractivity contribution in [1.82, 2.24) is 15.5 Å². The summed E-state index contributed by atoms with van der Waals surface area (Å²) in [4.78, 5) is 28.3. The number of nitrogens with zero attached hydrogens (tertiary/aromatic N) is 2. The first kappa shape index (κ1) is 23.8. The number of guanidine groups is 1. The average Bonchev–Trinajstić information content (AvgIpc) is 2.69. The number of rotatable bonds is 6. The van der Waals surface area contributed by atoms with Crippen LogP contribution < -0.4 is 21.1 Å². The quantitative estimate of drug-likeness (QED) is 0.303. The van der Waals surface area contributed by atoms with Gasteiger partial charge in [0, 0.05) is 32.7 Å². The summed E-state index contributed by atoms with van der Waals surface area (Å²) in [5, 5.41) is 6.63. The van der Waals surface area contributed by atoms with Crippen LogP contribution in [0.5, 0.6) is 5.75 Å². The molecule has 0 saturated carbocycles.